The van der Waals surface area contributed by atoms with Gasteiger partial charge in [0, 0.05) is 0 Å². The Hall–Kier alpha value is -3.35. The highest BCUT2D eigenvalue weighted by Crippen LogP contribution is 2.34. The first-order valence-corrected chi connectivity index (χ1v) is 9.74. The largest absolute Gasteiger partial charge is 0.486 e. The fourth-order valence-corrected chi connectivity index (χ4v) is 3.35. The SMILES string of the molecule is CC(C)[C@@H](NC(=O)c1cn(Cc2ccccc2)nn1)c1ccc2c(c1)OCCO2. The molecule has 0 saturated carbocycles. The van der Waals surface area contributed by atoms with Crippen LogP contribution in [0.2, 0.25) is 0 Å². The molecule has 1 aliphatic rings. The minimum Gasteiger partial charge on any atom is -0.486 e. The molecule has 0 unspecified atom stereocenters. The van der Waals surface area contributed by atoms with Crippen molar-refractivity contribution >= 4 is 5.91 Å². The highest BCUT2D eigenvalue weighted by molar-refractivity contribution is 5.92. The first-order valence-electron chi connectivity index (χ1n) is 9.74. The van der Waals surface area contributed by atoms with E-state index in [-0.39, 0.29) is 17.9 Å². The zero-order valence-electron chi connectivity index (χ0n) is 16.5. The molecule has 1 amide bonds. The standard InChI is InChI=1S/C22H24N4O3/c1-15(2)21(17-8-9-19-20(12-17)29-11-10-28-19)23-22(27)18-14-26(25-24-18)13-16-6-4-3-5-7-16/h3-9,12,14-15,21H,10-11,13H2,1-2H3,(H,23,27)/t21-/m1/s1. The van der Waals surface area contributed by atoms with Gasteiger partial charge in [0.1, 0.15) is 13.2 Å². The third kappa shape index (κ3) is 4.39. The van der Waals surface area contributed by atoms with Crippen LogP contribution in [-0.2, 0) is 6.54 Å². The molecule has 0 bridgehead atoms. The fraction of sp³-hybridized carbons (Fsp3) is 0.318. The van der Waals surface area contributed by atoms with Crippen LogP contribution in [0, 0.1) is 5.92 Å². The molecule has 0 fully saturated rings. The van der Waals surface area contributed by atoms with Crippen LogP contribution < -0.4 is 14.8 Å². The summed E-state index contributed by atoms with van der Waals surface area (Å²) >= 11 is 0. The second kappa shape index (κ2) is 8.34. The van der Waals surface area contributed by atoms with E-state index in [0.29, 0.717) is 31.2 Å². The molecule has 0 aliphatic carbocycles. The van der Waals surface area contributed by atoms with Gasteiger partial charge in [-0.3, -0.25) is 4.79 Å². The fourth-order valence-electron chi connectivity index (χ4n) is 3.35. The van der Waals surface area contributed by atoms with E-state index in [1.807, 2.05) is 48.5 Å². The molecule has 0 spiro atoms. The average molecular weight is 392 g/mol. The molecule has 3 aromatic rings. The van der Waals surface area contributed by atoms with Gasteiger partial charge in [0.2, 0.25) is 0 Å². The number of amides is 1. The number of rotatable bonds is 6. The smallest absolute Gasteiger partial charge is 0.273 e. The number of ether oxygens (including phenoxy) is 2. The number of benzene rings is 2. The molecule has 0 saturated heterocycles. The lowest BCUT2D eigenvalue weighted by molar-refractivity contribution is 0.0920. The van der Waals surface area contributed by atoms with Crippen LogP contribution in [0.3, 0.4) is 0 Å². The summed E-state index contributed by atoms with van der Waals surface area (Å²) in [5, 5.41) is 11.2. The Kier molecular flexibility index (Phi) is 5.46. The Balaban J connectivity index is 1.48. The maximum absolute atomic E-state index is 12.8. The van der Waals surface area contributed by atoms with E-state index in [0.717, 1.165) is 16.9 Å². The van der Waals surface area contributed by atoms with Crippen LogP contribution >= 0.6 is 0 Å². The lowest BCUT2D eigenvalue weighted by Gasteiger charge is -2.25. The Bertz CT molecular complexity index is 985. The summed E-state index contributed by atoms with van der Waals surface area (Å²) in [6.07, 6.45) is 1.67. The van der Waals surface area contributed by atoms with Crippen LogP contribution in [0.5, 0.6) is 11.5 Å². The number of hydrogen-bond donors (Lipinski definition) is 1. The van der Waals surface area contributed by atoms with Gasteiger partial charge in [-0.25, -0.2) is 4.68 Å². The van der Waals surface area contributed by atoms with Crippen LogP contribution in [0.1, 0.15) is 41.5 Å². The van der Waals surface area contributed by atoms with Gasteiger partial charge in [-0.1, -0.05) is 55.5 Å². The number of fused-ring (bicyclic) bond motifs is 1. The molecule has 4 rings (SSSR count). The van der Waals surface area contributed by atoms with Crippen molar-refractivity contribution in [3.63, 3.8) is 0 Å². The van der Waals surface area contributed by atoms with Crippen LogP contribution in [-0.4, -0.2) is 34.1 Å². The van der Waals surface area contributed by atoms with Gasteiger partial charge in [0.15, 0.2) is 17.2 Å². The van der Waals surface area contributed by atoms with E-state index < -0.39 is 0 Å². The van der Waals surface area contributed by atoms with Crippen molar-refractivity contribution in [2.24, 2.45) is 5.92 Å². The van der Waals surface area contributed by atoms with E-state index >= 15 is 0 Å². The Morgan fingerprint density at radius 3 is 2.62 bits per heavy atom. The van der Waals surface area contributed by atoms with Gasteiger partial charge < -0.3 is 14.8 Å². The zero-order valence-corrected chi connectivity index (χ0v) is 16.5. The van der Waals surface area contributed by atoms with Crippen molar-refractivity contribution in [1.29, 1.82) is 0 Å². The molecule has 7 nitrogen and oxygen atoms in total. The lowest BCUT2D eigenvalue weighted by atomic mass is 9.95. The third-order valence-electron chi connectivity index (χ3n) is 4.84. The third-order valence-corrected chi connectivity index (χ3v) is 4.84. The number of carbonyl (C=O) groups excluding carboxylic acids is 1. The van der Waals surface area contributed by atoms with Crippen molar-refractivity contribution in [1.82, 2.24) is 20.3 Å². The van der Waals surface area contributed by atoms with E-state index in [2.05, 4.69) is 29.5 Å². The minimum absolute atomic E-state index is 0.181. The van der Waals surface area contributed by atoms with E-state index in [1.165, 1.54) is 0 Å². The van der Waals surface area contributed by atoms with Crippen molar-refractivity contribution < 1.29 is 14.3 Å². The molecular formula is C22H24N4O3. The van der Waals surface area contributed by atoms with E-state index in [4.69, 9.17) is 9.47 Å². The summed E-state index contributed by atoms with van der Waals surface area (Å²) in [4.78, 5) is 12.8. The van der Waals surface area contributed by atoms with Crippen LogP contribution in [0.4, 0.5) is 0 Å². The number of hydrogen-bond acceptors (Lipinski definition) is 5. The second-order valence-corrected chi connectivity index (χ2v) is 7.39. The molecule has 1 atom stereocenters. The van der Waals surface area contributed by atoms with Crippen molar-refractivity contribution in [3.8, 4) is 11.5 Å². The maximum Gasteiger partial charge on any atom is 0.273 e. The monoisotopic (exact) mass is 392 g/mol. The highest BCUT2D eigenvalue weighted by Gasteiger charge is 2.23. The molecule has 1 aliphatic heterocycles. The number of carbonyl (C=O) groups is 1. The summed E-state index contributed by atoms with van der Waals surface area (Å²) in [5.74, 6) is 1.37. The molecule has 150 valence electrons. The number of aromatic nitrogens is 3. The molecular weight excluding hydrogens is 368 g/mol. The summed E-state index contributed by atoms with van der Waals surface area (Å²) in [5.41, 5.74) is 2.36. The normalized spacial score (nSPS) is 13.9. The number of nitrogens with one attached hydrogen (secondary N) is 1. The predicted molar refractivity (Wildman–Crippen MR) is 108 cm³/mol. The molecule has 0 radical (unpaired) electrons. The van der Waals surface area contributed by atoms with Gasteiger partial charge >= 0.3 is 0 Å². The quantitative estimate of drug-likeness (QED) is 0.697. The van der Waals surface area contributed by atoms with Gasteiger partial charge in [-0.15, -0.1) is 5.10 Å². The maximum atomic E-state index is 12.8. The van der Waals surface area contributed by atoms with Crippen LogP contribution in [0.25, 0.3) is 0 Å². The first-order chi connectivity index (χ1) is 14.1. The van der Waals surface area contributed by atoms with Gasteiger partial charge in [0.25, 0.3) is 5.91 Å². The summed E-state index contributed by atoms with van der Waals surface area (Å²) in [6.45, 7) is 5.77. The van der Waals surface area contributed by atoms with Crippen molar-refractivity contribution in [2.45, 2.75) is 26.4 Å². The van der Waals surface area contributed by atoms with Gasteiger partial charge in [-0.2, -0.15) is 0 Å². The van der Waals surface area contributed by atoms with Crippen LogP contribution in [0.15, 0.2) is 54.7 Å². The summed E-state index contributed by atoms with van der Waals surface area (Å²) in [7, 11) is 0. The summed E-state index contributed by atoms with van der Waals surface area (Å²) < 4.78 is 12.9. The molecule has 2 aromatic carbocycles. The van der Waals surface area contributed by atoms with Crippen molar-refractivity contribution in [2.75, 3.05) is 13.2 Å². The Morgan fingerprint density at radius 2 is 1.86 bits per heavy atom. The van der Waals surface area contributed by atoms with Gasteiger partial charge in [-0.05, 0) is 29.2 Å². The Morgan fingerprint density at radius 1 is 1.10 bits per heavy atom. The van der Waals surface area contributed by atoms with E-state index in [9.17, 15) is 4.79 Å². The molecule has 29 heavy (non-hydrogen) atoms. The van der Waals surface area contributed by atoms with Crippen molar-refractivity contribution in [3.05, 3.63) is 71.5 Å². The number of nitrogens with zero attached hydrogens (tertiary/aromatic N) is 3. The average Bonchev–Trinajstić information content (AvgIpc) is 3.20. The first kappa shape index (κ1) is 19.0. The summed E-state index contributed by atoms with van der Waals surface area (Å²) in [6, 6.07) is 15.5. The predicted octanol–water partition coefficient (Wildman–Crippen LogP) is 3.22. The molecule has 1 aromatic heterocycles. The minimum atomic E-state index is -0.252. The molecule has 7 heteroatoms. The van der Waals surface area contributed by atoms with E-state index in [1.54, 1.807) is 10.9 Å². The molecule has 1 N–H and O–H groups in total. The second-order valence-electron chi connectivity index (χ2n) is 7.39. The topological polar surface area (TPSA) is 78.3 Å². The lowest BCUT2D eigenvalue weighted by Crippen LogP contribution is -2.32. The Labute approximate surface area is 169 Å². The highest BCUT2D eigenvalue weighted by atomic mass is 16.6. The van der Waals surface area contributed by atoms with Gasteiger partial charge in [0.05, 0.1) is 18.8 Å². The molecule has 2 heterocycles. The zero-order chi connectivity index (χ0) is 20.2.